The van der Waals surface area contributed by atoms with Crippen LogP contribution in [0.4, 0.5) is 0 Å². The lowest BCUT2D eigenvalue weighted by Crippen LogP contribution is -2.28. The number of allylic oxidation sites excluding steroid dienone is 1. The second-order valence-electron chi connectivity index (χ2n) is 4.73. The Balaban J connectivity index is 2.55. The summed E-state index contributed by atoms with van der Waals surface area (Å²) in [4.78, 5) is 11.0. The fourth-order valence-corrected chi connectivity index (χ4v) is 1.89. The van der Waals surface area contributed by atoms with Crippen LogP contribution in [0.25, 0.3) is 0 Å². The molecule has 0 saturated carbocycles. The van der Waals surface area contributed by atoms with E-state index in [9.17, 15) is 4.79 Å². The van der Waals surface area contributed by atoms with Crippen molar-refractivity contribution in [1.82, 2.24) is 0 Å². The van der Waals surface area contributed by atoms with Gasteiger partial charge in [-0.05, 0) is 12.8 Å². The highest BCUT2D eigenvalue weighted by Gasteiger charge is 2.37. The topological polar surface area (TPSA) is 44.8 Å². The lowest BCUT2D eigenvalue weighted by atomic mass is 10.0. The minimum absolute atomic E-state index is 0.0877. The Labute approximate surface area is 102 Å². The minimum atomic E-state index is -0.645. The fourth-order valence-electron chi connectivity index (χ4n) is 1.89. The Morgan fingerprint density at radius 1 is 1.53 bits per heavy atom. The standard InChI is InChI=1S/C13H20O4/c1-6-12(14)15-8-11-10(4)16-13(5,17-11)7-9(2)3/h6,9H,1,7-8H2,2-5H3. The van der Waals surface area contributed by atoms with Gasteiger partial charge in [-0.15, -0.1) is 0 Å². The molecule has 17 heavy (non-hydrogen) atoms. The first-order valence-corrected chi connectivity index (χ1v) is 5.73. The highest BCUT2D eigenvalue weighted by molar-refractivity contribution is 5.81. The third kappa shape index (κ3) is 3.80. The van der Waals surface area contributed by atoms with Crippen molar-refractivity contribution in [2.24, 2.45) is 5.92 Å². The summed E-state index contributed by atoms with van der Waals surface area (Å²) >= 11 is 0. The smallest absolute Gasteiger partial charge is 0.330 e. The average Bonchev–Trinajstić information content (AvgIpc) is 2.48. The molecule has 1 unspecified atom stereocenters. The number of esters is 1. The van der Waals surface area contributed by atoms with Crippen molar-refractivity contribution in [1.29, 1.82) is 0 Å². The first-order valence-electron chi connectivity index (χ1n) is 5.73. The summed E-state index contributed by atoms with van der Waals surface area (Å²) in [6.07, 6.45) is 1.91. The summed E-state index contributed by atoms with van der Waals surface area (Å²) in [5, 5.41) is 0. The van der Waals surface area contributed by atoms with E-state index >= 15 is 0 Å². The van der Waals surface area contributed by atoms with Gasteiger partial charge in [0.2, 0.25) is 5.79 Å². The molecule has 1 rings (SSSR count). The molecule has 1 heterocycles. The highest BCUT2D eigenvalue weighted by Crippen LogP contribution is 2.35. The van der Waals surface area contributed by atoms with Crippen LogP contribution >= 0.6 is 0 Å². The largest absolute Gasteiger partial charge is 0.454 e. The molecule has 4 heteroatoms. The van der Waals surface area contributed by atoms with E-state index < -0.39 is 11.8 Å². The molecule has 1 atom stereocenters. The van der Waals surface area contributed by atoms with Crippen molar-refractivity contribution in [2.45, 2.75) is 39.9 Å². The van der Waals surface area contributed by atoms with Gasteiger partial charge in [-0.25, -0.2) is 4.79 Å². The zero-order valence-corrected chi connectivity index (χ0v) is 10.9. The second-order valence-corrected chi connectivity index (χ2v) is 4.73. The van der Waals surface area contributed by atoms with Crippen LogP contribution in [-0.2, 0) is 19.0 Å². The van der Waals surface area contributed by atoms with E-state index in [2.05, 4.69) is 20.4 Å². The summed E-state index contributed by atoms with van der Waals surface area (Å²) in [7, 11) is 0. The molecule has 0 aliphatic carbocycles. The molecule has 0 fully saturated rings. The van der Waals surface area contributed by atoms with Gasteiger partial charge in [-0.3, -0.25) is 0 Å². The predicted octanol–water partition coefficient (Wildman–Crippen LogP) is 2.76. The first-order chi connectivity index (χ1) is 7.86. The van der Waals surface area contributed by atoms with Gasteiger partial charge in [0.1, 0.15) is 5.76 Å². The molecule has 0 amide bonds. The van der Waals surface area contributed by atoms with Crippen molar-refractivity contribution >= 4 is 5.97 Å². The lowest BCUT2D eigenvalue weighted by Gasteiger charge is -2.26. The Kier molecular flexibility index (Phi) is 4.21. The van der Waals surface area contributed by atoms with Gasteiger partial charge in [-0.2, -0.15) is 0 Å². The van der Waals surface area contributed by atoms with Crippen molar-refractivity contribution in [2.75, 3.05) is 6.61 Å². The normalized spacial score (nSPS) is 23.4. The van der Waals surface area contributed by atoms with Crippen LogP contribution in [0.2, 0.25) is 0 Å². The molecule has 4 nitrogen and oxygen atoms in total. The number of hydrogen-bond acceptors (Lipinski definition) is 4. The molecular weight excluding hydrogens is 220 g/mol. The van der Waals surface area contributed by atoms with Gasteiger partial charge >= 0.3 is 5.97 Å². The maximum Gasteiger partial charge on any atom is 0.330 e. The van der Waals surface area contributed by atoms with E-state index in [1.54, 1.807) is 0 Å². The molecule has 0 aromatic rings. The molecule has 0 aromatic carbocycles. The number of carbonyl (C=O) groups excluding carboxylic acids is 1. The molecular formula is C13H20O4. The van der Waals surface area contributed by atoms with E-state index in [0.717, 1.165) is 12.5 Å². The van der Waals surface area contributed by atoms with E-state index in [1.807, 2.05) is 13.8 Å². The van der Waals surface area contributed by atoms with Crippen molar-refractivity contribution < 1.29 is 19.0 Å². The average molecular weight is 240 g/mol. The quantitative estimate of drug-likeness (QED) is 0.547. The number of rotatable bonds is 5. The molecule has 0 radical (unpaired) electrons. The van der Waals surface area contributed by atoms with Crippen LogP contribution in [0.1, 0.15) is 34.1 Å². The zero-order valence-electron chi connectivity index (χ0n) is 10.9. The maximum absolute atomic E-state index is 11.0. The summed E-state index contributed by atoms with van der Waals surface area (Å²) in [5.41, 5.74) is 0. The van der Waals surface area contributed by atoms with E-state index in [0.29, 0.717) is 17.4 Å². The number of ether oxygens (including phenoxy) is 3. The van der Waals surface area contributed by atoms with Crippen LogP contribution in [0.5, 0.6) is 0 Å². The number of carbonyl (C=O) groups is 1. The van der Waals surface area contributed by atoms with E-state index in [-0.39, 0.29) is 6.61 Å². The molecule has 1 aliphatic rings. The molecule has 0 aromatic heterocycles. The molecule has 0 saturated heterocycles. The lowest BCUT2D eigenvalue weighted by molar-refractivity contribution is -0.157. The predicted molar refractivity (Wildman–Crippen MR) is 63.9 cm³/mol. The monoisotopic (exact) mass is 240 g/mol. The summed E-state index contributed by atoms with van der Waals surface area (Å²) in [6, 6.07) is 0. The molecule has 96 valence electrons. The molecule has 0 bridgehead atoms. The van der Waals surface area contributed by atoms with Crippen LogP contribution in [-0.4, -0.2) is 18.4 Å². The van der Waals surface area contributed by atoms with Gasteiger partial charge in [-0.1, -0.05) is 20.4 Å². The van der Waals surface area contributed by atoms with Gasteiger partial charge in [0.25, 0.3) is 0 Å². The van der Waals surface area contributed by atoms with Crippen molar-refractivity contribution in [3.8, 4) is 0 Å². The third-order valence-corrected chi connectivity index (χ3v) is 2.39. The Hall–Kier alpha value is -1.45. The third-order valence-electron chi connectivity index (χ3n) is 2.39. The Morgan fingerprint density at radius 3 is 2.71 bits per heavy atom. The summed E-state index contributed by atoms with van der Waals surface area (Å²) < 4.78 is 16.3. The van der Waals surface area contributed by atoms with Gasteiger partial charge in [0.05, 0.1) is 0 Å². The Morgan fingerprint density at radius 2 is 2.18 bits per heavy atom. The maximum atomic E-state index is 11.0. The zero-order chi connectivity index (χ0) is 13.1. The van der Waals surface area contributed by atoms with Crippen LogP contribution < -0.4 is 0 Å². The summed E-state index contributed by atoms with van der Waals surface area (Å²) in [6.45, 7) is 11.3. The van der Waals surface area contributed by atoms with Crippen molar-refractivity contribution in [3.63, 3.8) is 0 Å². The second kappa shape index (κ2) is 5.25. The molecule has 1 aliphatic heterocycles. The Bertz CT molecular complexity index is 343. The highest BCUT2D eigenvalue weighted by atomic mass is 16.7. The molecule has 0 N–H and O–H groups in total. The fraction of sp³-hybridized carbons (Fsp3) is 0.615. The van der Waals surface area contributed by atoms with Crippen LogP contribution in [0.15, 0.2) is 24.2 Å². The van der Waals surface area contributed by atoms with Crippen LogP contribution in [0.3, 0.4) is 0 Å². The summed E-state index contributed by atoms with van der Waals surface area (Å²) in [5.74, 6) is 0.594. The number of hydrogen-bond donors (Lipinski definition) is 0. The van der Waals surface area contributed by atoms with Crippen LogP contribution in [0, 0.1) is 5.92 Å². The van der Waals surface area contributed by atoms with Gasteiger partial charge in [0, 0.05) is 19.4 Å². The minimum Gasteiger partial charge on any atom is -0.454 e. The first kappa shape index (κ1) is 13.6. The van der Waals surface area contributed by atoms with Crippen molar-refractivity contribution in [3.05, 3.63) is 24.2 Å². The van der Waals surface area contributed by atoms with E-state index in [1.165, 1.54) is 0 Å². The molecule has 0 spiro atoms. The van der Waals surface area contributed by atoms with Gasteiger partial charge < -0.3 is 14.2 Å². The van der Waals surface area contributed by atoms with Gasteiger partial charge in [0.15, 0.2) is 12.4 Å². The van der Waals surface area contributed by atoms with E-state index in [4.69, 9.17) is 14.2 Å². The SMILES string of the molecule is C=CC(=O)OCC1=C(C)OC(C)(CC(C)C)O1.